The molecule has 2 unspecified atom stereocenters. The van der Waals surface area contributed by atoms with Gasteiger partial charge in [0.05, 0.1) is 5.92 Å². The standard InChI is InChI=1S/C21H17ClN2O/c22-17-8-4-7-15(12-17)19-18-10-9-16(11-14-5-2-1-3-6-14)20(18)24(13-23)21(19)25/h1-8,12,18-19H,9-11H2. The zero-order valence-corrected chi connectivity index (χ0v) is 14.4. The van der Waals surface area contributed by atoms with Gasteiger partial charge in [0.1, 0.15) is 0 Å². The van der Waals surface area contributed by atoms with Gasteiger partial charge < -0.3 is 0 Å². The molecule has 4 rings (SSSR count). The van der Waals surface area contributed by atoms with Gasteiger partial charge in [-0.25, -0.2) is 4.90 Å². The second kappa shape index (κ2) is 6.38. The third kappa shape index (κ3) is 2.73. The van der Waals surface area contributed by atoms with Crippen LogP contribution in [0.4, 0.5) is 0 Å². The average molecular weight is 349 g/mol. The van der Waals surface area contributed by atoms with Crippen LogP contribution in [0, 0.1) is 17.4 Å². The highest BCUT2D eigenvalue weighted by atomic mass is 35.5. The van der Waals surface area contributed by atoms with Gasteiger partial charge in [0.15, 0.2) is 6.19 Å². The molecule has 0 saturated carbocycles. The predicted molar refractivity (Wildman–Crippen MR) is 96.5 cm³/mol. The van der Waals surface area contributed by atoms with Crippen LogP contribution in [0.15, 0.2) is 65.9 Å². The van der Waals surface area contributed by atoms with Crippen molar-refractivity contribution in [3.05, 3.63) is 82.0 Å². The average Bonchev–Trinajstić information content (AvgIpc) is 3.13. The Hall–Kier alpha value is -2.57. The molecule has 0 N–H and O–H groups in total. The number of carbonyl (C=O) groups excluding carboxylic acids is 1. The molecule has 124 valence electrons. The Morgan fingerprint density at radius 1 is 1.16 bits per heavy atom. The van der Waals surface area contributed by atoms with Crippen LogP contribution < -0.4 is 0 Å². The third-order valence-corrected chi connectivity index (χ3v) is 5.40. The molecule has 0 aromatic heterocycles. The number of amides is 1. The number of allylic oxidation sites excluding steroid dienone is 2. The van der Waals surface area contributed by atoms with Crippen LogP contribution in [0.2, 0.25) is 5.02 Å². The van der Waals surface area contributed by atoms with E-state index in [-0.39, 0.29) is 17.7 Å². The largest absolute Gasteiger partial charge is 0.273 e. The van der Waals surface area contributed by atoms with E-state index in [1.807, 2.05) is 36.4 Å². The van der Waals surface area contributed by atoms with Gasteiger partial charge in [-0.3, -0.25) is 4.79 Å². The molecule has 1 heterocycles. The van der Waals surface area contributed by atoms with Gasteiger partial charge in [0, 0.05) is 16.6 Å². The van der Waals surface area contributed by atoms with Crippen molar-refractivity contribution < 1.29 is 4.79 Å². The topological polar surface area (TPSA) is 44.1 Å². The number of likely N-dealkylation sites (tertiary alicyclic amines) is 1. The number of fused-ring (bicyclic) bond motifs is 1. The molecule has 2 atom stereocenters. The van der Waals surface area contributed by atoms with E-state index < -0.39 is 0 Å². The maximum absolute atomic E-state index is 12.9. The van der Waals surface area contributed by atoms with Crippen molar-refractivity contribution in [2.45, 2.75) is 25.2 Å². The molecule has 1 amide bonds. The van der Waals surface area contributed by atoms with Crippen molar-refractivity contribution in [3.63, 3.8) is 0 Å². The lowest BCUT2D eigenvalue weighted by Crippen LogP contribution is -2.21. The summed E-state index contributed by atoms with van der Waals surface area (Å²) in [4.78, 5) is 14.2. The number of carbonyl (C=O) groups is 1. The number of nitriles is 1. The highest BCUT2D eigenvalue weighted by Crippen LogP contribution is 2.50. The first-order chi connectivity index (χ1) is 12.2. The predicted octanol–water partition coefficient (Wildman–Crippen LogP) is 4.65. The quantitative estimate of drug-likeness (QED) is 0.757. The fraction of sp³-hybridized carbons (Fsp3) is 0.238. The van der Waals surface area contributed by atoms with Crippen molar-refractivity contribution in [3.8, 4) is 6.19 Å². The van der Waals surface area contributed by atoms with Crippen LogP contribution in [-0.2, 0) is 11.2 Å². The zero-order chi connectivity index (χ0) is 17.4. The molecule has 4 heteroatoms. The Morgan fingerprint density at radius 3 is 2.68 bits per heavy atom. The Labute approximate surface area is 152 Å². The summed E-state index contributed by atoms with van der Waals surface area (Å²) in [5.74, 6) is -0.360. The van der Waals surface area contributed by atoms with E-state index in [0.29, 0.717) is 5.02 Å². The van der Waals surface area contributed by atoms with Gasteiger partial charge in [0.25, 0.3) is 0 Å². The van der Waals surface area contributed by atoms with Crippen molar-refractivity contribution in [2.24, 2.45) is 5.92 Å². The van der Waals surface area contributed by atoms with Gasteiger partial charge >= 0.3 is 0 Å². The van der Waals surface area contributed by atoms with Crippen LogP contribution in [0.5, 0.6) is 0 Å². The first kappa shape index (κ1) is 15.9. The molecular weight excluding hydrogens is 332 g/mol. The first-order valence-corrected chi connectivity index (χ1v) is 8.82. The van der Waals surface area contributed by atoms with E-state index in [0.717, 1.165) is 30.5 Å². The lowest BCUT2D eigenvalue weighted by Gasteiger charge is -2.14. The monoisotopic (exact) mass is 348 g/mol. The summed E-state index contributed by atoms with van der Waals surface area (Å²) in [7, 11) is 0. The van der Waals surface area contributed by atoms with Crippen LogP contribution in [0.3, 0.4) is 0 Å². The molecule has 1 aliphatic heterocycles. The molecular formula is C21H17ClN2O. The summed E-state index contributed by atoms with van der Waals surface area (Å²) in [5.41, 5.74) is 4.23. The molecule has 0 radical (unpaired) electrons. The van der Waals surface area contributed by atoms with Crippen molar-refractivity contribution in [1.29, 1.82) is 5.26 Å². The third-order valence-electron chi connectivity index (χ3n) is 5.17. The second-order valence-electron chi connectivity index (χ2n) is 6.60. The highest BCUT2D eigenvalue weighted by Gasteiger charge is 2.49. The molecule has 1 aliphatic carbocycles. The molecule has 1 saturated heterocycles. The Bertz CT molecular complexity index is 898. The smallest absolute Gasteiger partial charge is 0.248 e. The van der Waals surface area contributed by atoms with E-state index in [1.165, 1.54) is 16.0 Å². The van der Waals surface area contributed by atoms with E-state index >= 15 is 0 Å². The minimum atomic E-state index is -0.304. The minimum absolute atomic E-state index is 0.0735. The summed E-state index contributed by atoms with van der Waals surface area (Å²) in [6.07, 6.45) is 4.73. The highest BCUT2D eigenvalue weighted by molar-refractivity contribution is 6.30. The zero-order valence-electron chi connectivity index (χ0n) is 13.7. The summed E-state index contributed by atoms with van der Waals surface area (Å²) in [6, 6.07) is 17.6. The Kier molecular flexibility index (Phi) is 4.07. The van der Waals surface area contributed by atoms with Crippen LogP contribution in [-0.4, -0.2) is 10.8 Å². The van der Waals surface area contributed by atoms with Crippen LogP contribution in [0.1, 0.15) is 29.9 Å². The second-order valence-corrected chi connectivity index (χ2v) is 7.04. The fourth-order valence-electron chi connectivity index (χ4n) is 4.13. The normalized spacial score (nSPS) is 22.2. The van der Waals surface area contributed by atoms with E-state index in [1.54, 1.807) is 6.07 Å². The van der Waals surface area contributed by atoms with Crippen molar-refractivity contribution in [1.82, 2.24) is 4.90 Å². The molecule has 0 spiro atoms. The Morgan fingerprint density at radius 2 is 1.96 bits per heavy atom. The number of hydrogen-bond acceptors (Lipinski definition) is 2. The maximum atomic E-state index is 12.9. The van der Waals surface area contributed by atoms with Gasteiger partial charge in [-0.2, -0.15) is 5.26 Å². The number of nitrogens with zero attached hydrogens (tertiary/aromatic N) is 2. The number of hydrogen-bond donors (Lipinski definition) is 0. The van der Waals surface area contributed by atoms with Gasteiger partial charge in [-0.15, -0.1) is 0 Å². The van der Waals surface area contributed by atoms with Crippen molar-refractivity contribution >= 4 is 17.5 Å². The number of rotatable bonds is 3. The van der Waals surface area contributed by atoms with Gasteiger partial charge in [-0.1, -0.05) is 54.1 Å². The minimum Gasteiger partial charge on any atom is -0.273 e. The molecule has 1 fully saturated rings. The summed E-state index contributed by atoms with van der Waals surface area (Å²) in [6.45, 7) is 0. The lowest BCUT2D eigenvalue weighted by molar-refractivity contribution is -0.126. The molecule has 2 aromatic carbocycles. The summed E-state index contributed by atoms with van der Waals surface area (Å²) >= 11 is 6.12. The van der Waals surface area contributed by atoms with Crippen LogP contribution >= 0.6 is 11.6 Å². The molecule has 3 nitrogen and oxygen atoms in total. The molecule has 25 heavy (non-hydrogen) atoms. The number of benzene rings is 2. The summed E-state index contributed by atoms with van der Waals surface area (Å²) < 4.78 is 0. The van der Waals surface area contributed by atoms with E-state index in [2.05, 4.69) is 18.3 Å². The molecule has 0 bridgehead atoms. The molecule has 2 aromatic rings. The molecule has 2 aliphatic rings. The summed E-state index contributed by atoms with van der Waals surface area (Å²) in [5, 5.41) is 10.2. The van der Waals surface area contributed by atoms with E-state index in [4.69, 9.17) is 11.6 Å². The van der Waals surface area contributed by atoms with Crippen molar-refractivity contribution in [2.75, 3.05) is 0 Å². The SMILES string of the molecule is N#CN1C(=O)C(c2cccc(Cl)c2)C2CCC(Cc3ccccc3)=C21. The van der Waals surface area contributed by atoms with E-state index in [9.17, 15) is 10.1 Å². The number of halogens is 1. The maximum Gasteiger partial charge on any atom is 0.248 e. The first-order valence-electron chi connectivity index (χ1n) is 8.44. The fourth-order valence-corrected chi connectivity index (χ4v) is 4.33. The van der Waals surface area contributed by atoms with Gasteiger partial charge in [-0.05, 0) is 48.1 Å². The Balaban J connectivity index is 1.74. The lowest BCUT2D eigenvalue weighted by atomic mass is 9.87. The van der Waals surface area contributed by atoms with Gasteiger partial charge in [0.2, 0.25) is 5.91 Å². The van der Waals surface area contributed by atoms with Crippen LogP contribution in [0.25, 0.3) is 0 Å².